The largest absolute Gasteiger partial charge is 0.343 e. The first kappa shape index (κ1) is 20.8. The number of amides is 1. The van der Waals surface area contributed by atoms with Gasteiger partial charge < -0.3 is 10.6 Å². The Morgan fingerprint density at radius 1 is 1.12 bits per heavy atom. The molecule has 1 atom stereocenters. The Morgan fingerprint density at radius 3 is 2.73 bits per heavy atom. The smallest absolute Gasteiger partial charge is 0.255 e. The van der Waals surface area contributed by atoms with Gasteiger partial charge in [-0.25, -0.2) is 4.39 Å². The van der Waals surface area contributed by atoms with Crippen LogP contribution in [0, 0.1) is 5.82 Å². The molecule has 0 spiro atoms. The summed E-state index contributed by atoms with van der Waals surface area (Å²) in [6.07, 6.45) is 4.96. The molecule has 4 aromatic rings. The van der Waals surface area contributed by atoms with Crippen LogP contribution in [0.25, 0.3) is 10.9 Å². The summed E-state index contributed by atoms with van der Waals surface area (Å²) in [6.45, 7) is 1.77. The maximum absolute atomic E-state index is 14.9. The predicted molar refractivity (Wildman–Crippen MR) is 125 cm³/mol. The number of rotatable bonds is 4. The highest BCUT2D eigenvalue weighted by Gasteiger charge is 2.31. The molecule has 5 rings (SSSR count). The van der Waals surface area contributed by atoms with Crippen LogP contribution >= 0.6 is 11.6 Å². The first-order chi connectivity index (χ1) is 16.0. The standard InChI is InChI=1S/C24H18ClFN6O/c1-13-21(24(33)30-17-3-5-20-15(10-17)12-28-32-20)22(18-4-2-16(25)11-19(18)26)31-23(29-13)14-6-8-27-9-7-14/h2-12,22H,1H3,(H,28,32)(H,29,31)(H,30,33). The van der Waals surface area contributed by atoms with Crippen LogP contribution in [-0.2, 0) is 4.79 Å². The van der Waals surface area contributed by atoms with Crippen LogP contribution in [0.5, 0.6) is 0 Å². The van der Waals surface area contributed by atoms with Gasteiger partial charge in [-0.05, 0) is 49.4 Å². The Balaban J connectivity index is 1.55. The maximum atomic E-state index is 14.9. The molecule has 1 amide bonds. The molecule has 33 heavy (non-hydrogen) atoms. The molecule has 0 fully saturated rings. The van der Waals surface area contributed by atoms with Crippen molar-refractivity contribution < 1.29 is 9.18 Å². The maximum Gasteiger partial charge on any atom is 0.255 e. The van der Waals surface area contributed by atoms with Gasteiger partial charge in [0.2, 0.25) is 0 Å². The van der Waals surface area contributed by atoms with Gasteiger partial charge in [0, 0.05) is 45.3 Å². The third kappa shape index (κ3) is 4.08. The van der Waals surface area contributed by atoms with E-state index >= 15 is 0 Å². The Bertz CT molecular complexity index is 1430. The Kier molecular flexibility index (Phi) is 5.35. The number of pyridine rings is 1. The second-order valence-corrected chi connectivity index (χ2v) is 8.01. The minimum atomic E-state index is -0.871. The number of aliphatic imine (C=N–C) groups is 1. The van der Waals surface area contributed by atoms with Crippen LogP contribution in [0.15, 0.2) is 83.4 Å². The zero-order chi connectivity index (χ0) is 22.9. The highest BCUT2D eigenvalue weighted by Crippen LogP contribution is 2.34. The lowest BCUT2D eigenvalue weighted by molar-refractivity contribution is -0.113. The number of aromatic amines is 1. The summed E-state index contributed by atoms with van der Waals surface area (Å²) in [4.78, 5) is 22.1. The number of halogens is 2. The summed E-state index contributed by atoms with van der Waals surface area (Å²) in [5.41, 5.74) is 3.35. The molecular weight excluding hydrogens is 443 g/mol. The lowest BCUT2D eigenvalue weighted by atomic mass is 9.94. The third-order valence-electron chi connectivity index (χ3n) is 5.40. The summed E-state index contributed by atoms with van der Waals surface area (Å²) < 4.78 is 14.9. The second-order valence-electron chi connectivity index (χ2n) is 7.57. The summed E-state index contributed by atoms with van der Waals surface area (Å²) >= 11 is 5.96. The average molecular weight is 461 g/mol. The van der Waals surface area contributed by atoms with E-state index < -0.39 is 11.9 Å². The number of nitrogens with zero attached hydrogens (tertiary/aromatic N) is 3. The van der Waals surface area contributed by atoms with E-state index in [1.165, 1.54) is 6.07 Å². The van der Waals surface area contributed by atoms with Gasteiger partial charge in [0.1, 0.15) is 17.7 Å². The van der Waals surface area contributed by atoms with Crippen molar-refractivity contribution in [2.45, 2.75) is 13.0 Å². The molecule has 2 aromatic heterocycles. The van der Waals surface area contributed by atoms with Crippen molar-refractivity contribution >= 4 is 39.9 Å². The van der Waals surface area contributed by atoms with Crippen LogP contribution < -0.4 is 10.6 Å². The fourth-order valence-corrected chi connectivity index (χ4v) is 3.95. The van der Waals surface area contributed by atoms with E-state index in [0.29, 0.717) is 22.8 Å². The SMILES string of the molecule is CC1=C(C(=O)Nc2ccc3[nH]ncc3c2)C(c2ccc(Cl)cc2F)N=C(c2ccncc2)N1. The van der Waals surface area contributed by atoms with Gasteiger partial charge in [-0.1, -0.05) is 17.7 Å². The van der Waals surface area contributed by atoms with Gasteiger partial charge >= 0.3 is 0 Å². The molecule has 0 aliphatic carbocycles. The van der Waals surface area contributed by atoms with Crippen LogP contribution in [0.2, 0.25) is 5.02 Å². The summed E-state index contributed by atoms with van der Waals surface area (Å²) in [5, 5.41) is 14.1. The van der Waals surface area contributed by atoms with Gasteiger partial charge in [-0.15, -0.1) is 0 Å². The number of H-pyrrole nitrogens is 1. The molecule has 9 heteroatoms. The lowest BCUT2D eigenvalue weighted by Gasteiger charge is -2.27. The molecule has 2 aromatic carbocycles. The monoisotopic (exact) mass is 460 g/mol. The second kappa shape index (κ2) is 8.48. The number of allylic oxidation sites excluding steroid dienone is 1. The molecule has 3 heterocycles. The molecule has 0 saturated carbocycles. The van der Waals surface area contributed by atoms with E-state index in [0.717, 1.165) is 16.5 Å². The predicted octanol–water partition coefficient (Wildman–Crippen LogP) is 4.75. The third-order valence-corrected chi connectivity index (χ3v) is 5.63. The molecule has 164 valence electrons. The average Bonchev–Trinajstić information content (AvgIpc) is 3.27. The van der Waals surface area contributed by atoms with E-state index in [1.807, 2.05) is 12.1 Å². The normalized spacial score (nSPS) is 15.8. The van der Waals surface area contributed by atoms with Crippen molar-refractivity contribution in [3.8, 4) is 0 Å². The molecule has 1 aliphatic rings. The fraction of sp³-hybridized carbons (Fsp3) is 0.0833. The number of nitrogens with one attached hydrogen (secondary N) is 3. The van der Waals surface area contributed by atoms with E-state index in [2.05, 4.69) is 25.8 Å². The van der Waals surface area contributed by atoms with E-state index in [1.54, 1.807) is 55.8 Å². The van der Waals surface area contributed by atoms with Crippen LogP contribution in [0.4, 0.5) is 10.1 Å². The zero-order valence-electron chi connectivity index (χ0n) is 17.4. The van der Waals surface area contributed by atoms with Gasteiger partial charge in [0.15, 0.2) is 0 Å². The van der Waals surface area contributed by atoms with Crippen LogP contribution in [-0.4, -0.2) is 26.9 Å². The molecule has 0 radical (unpaired) electrons. The van der Waals surface area contributed by atoms with Crippen molar-refractivity contribution in [3.63, 3.8) is 0 Å². The van der Waals surface area contributed by atoms with E-state index in [4.69, 9.17) is 16.6 Å². The molecule has 1 aliphatic heterocycles. The summed E-state index contributed by atoms with van der Waals surface area (Å²) in [7, 11) is 0. The molecule has 3 N–H and O–H groups in total. The van der Waals surface area contributed by atoms with Crippen LogP contribution in [0.3, 0.4) is 0 Å². The van der Waals surface area contributed by atoms with Gasteiger partial charge in [0.05, 0.1) is 17.3 Å². The number of carbonyl (C=O) groups excluding carboxylic acids is 1. The number of benzene rings is 2. The highest BCUT2D eigenvalue weighted by molar-refractivity contribution is 6.30. The highest BCUT2D eigenvalue weighted by atomic mass is 35.5. The quantitative estimate of drug-likeness (QED) is 0.409. The first-order valence-corrected chi connectivity index (χ1v) is 10.5. The van der Waals surface area contributed by atoms with Gasteiger partial charge in [-0.3, -0.25) is 19.9 Å². The van der Waals surface area contributed by atoms with Gasteiger partial charge in [0.25, 0.3) is 5.91 Å². The van der Waals surface area contributed by atoms with E-state index in [-0.39, 0.29) is 16.5 Å². The van der Waals surface area contributed by atoms with Gasteiger partial charge in [-0.2, -0.15) is 5.10 Å². The van der Waals surface area contributed by atoms with E-state index in [9.17, 15) is 9.18 Å². The van der Waals surface area contributed by atoms with Crippen molar-refractivity contribution in [1.82, 2.24) is 20.5 Å². The van der Waals surface area contributed by atoms with Crippen molar-refractivity contribution in [2.24, 2.45) is 4.99 Å². The summed E-state index contributed by atoms with van der Waals surface area (Å²) in [5.74, 6) is -0.407. The molecule has 0 bridgehead atoms. The fourth-order valence-electron chi connectivity index (χ4n) is 3.79. The number of aromatic nitrogens is 3. The van der Waals surface area contributed by atoms with Crippen LogP contribution in [0.1, 0.15) is 24.1 Å². The zero-order valence-corrected chi connectivity index (χ0v) is 18.2. The van der Waals surface area contributed by atoms with Crippen molar-refractivity contribution in [2.75, 3.05) is 5.32 Å². The van der Waals surface area contributed by atoms with Crippen molar-refractivity contribution in [1.29, 1.82) is 0 Å². The Hall–Kier alpha value is -4.04. The molecule has 0 saturated heterocycles. The topological polar surface area (TPSA) is 95.1 Å². The summed E-state index contributed by atoms with van der Waals surface area (Å²) in [6, 6.07) is 12.5. The Labute approximate surface area is 193 Å². The molecular formula is C24H18ClFN6O. The number of fused-ring (bicyclic) bond motifs is 1. The minimum absolute atomic E-state index is 0.252. The number of anilines is 1. The number of hydrogen-bond acceptors (Lipinski definition) is 5. The number of amidine groups is 1. The first-order valence-electron chi connectivity index (χ1n) is 10.1. The lowest BCUT2D eigenvalue weighted by Crippen LogP contribution is -2.34. The molecule has 7 nitrogen and oxygen atoms in total. The molecule has 1 unspecified atom stereocenters. The van der Waals surface area contributed by atoms with Crippen molar-refractivity contribution in [3.05, 3.63) is 100 Å². The Morgan fingerprint density at radius 2 is 1.94 bits per heavy atom. The minimum Gasteiger partial charge on any atom is -0.343 e. The number of carbonyl (C=O) groups is 1. The number of hydrogen-bond donors (Lipinski definition) is 3.